The molecule has 0 heterocycles. The zero-order valence-electron chi connectivity index (χ0n) is 11.4. The number of hydrogen-bond acceptors (Lipinski definition) is 3. The summed E-state index contributed by atoms with van der Waals surface area (Å²) in [4.78, 5) is 0. The highest BCUT2D eigenvalue weighted by molar-refractivity contribution is 9.10. The van der Waals surface area contributed by atoms with E-state index in [1.165, 1.54) is 0 Å². The van der Waals surface area contributed by atoms with Gasteiger partial charge in [0, 0.05) is 10.5 Å². The van der Waals surface area contributed by atoms with Crippen molar-refractivity contribution in [1.29, 1.82) is 0 Å². The molecule has 0 saturated heterocycles. The molecule has 2 aromatic carbocycles. The Kier molecular flexibility index (Phi) is 5.44. The summed E-state index contributed by atoms with van der Waals surface area (Å²) in [6, 6.07) is 15.6. The predicted molar refractivity (Wildman–Crippen MR) is 84.2 cm³/mol. The van der Waals surface area contributed by atoms with Crippen molar-refractivity contribution in [3.63, 3.8) is 0 Å². The van der Waals surface area contributed by atoms with Crippen LogP contribution in [0.5, 0.6) is 11.5 Å². The maximum Gasteiger partial charge on any atom is 0.122 e. The van der Waals surface area contributed by atoms with Gasteiger partial charge in [-0.1, -0.05) is 34.1 Å². The van der Waals surface area contributed by atoms with Gasteiger partial charge >= 0.3 is 0 Å². The van der Waals surface area contributed by atoms with Crippen molar-refractivity contribution in [3.8, 4) is 11.5 Å². The van der Waals surface area contributed by atoms with E-state index in [-0.39, 0.29) is 6.04 Å². The number of benzene rings is 2. The van der Waals surface area contributed by atoms with E-state index in [9.17, 15) is 0 Å². The smallest absolute Gasteiger partial charge is 0.122 e. The molecule has 2 rings (SSSR count). The van der Waals surface area contributed by atoms with Gasteiger partial charge in [-0.3, -0.25) is 0 Å². The summed E-state index contributed by atoms with van der Waals surface area (Å²) in [6.07, 6.45) is 0. The number of hydrogen-bond donors (Lipinski definition) is 1. The summed E-state index contributed by atoms with van der Waals surface area (Å²) in [5.41, 5.74) is 6.90. The second-order valence-electron chi connectivity index (χ2n) is 4.51. The minimum absolute atomic E-state index is 0.0453. The Morgan fingerprint density at radius 2 is 1.65 bits per heavy atom. The SMILES string of the molecule is C[C@@H](N)c1ccc(OCCOc2cccc(Br)c2)cc1. The topological polar surface area (TPSA) is 44.5 Å². The molecule has 106 valence electrons. The van der Waals surface area contributed by atoms with Gasteiger partial charge in [-0.25, -0.2) is 0 Å². The molecular formula is C16H18BrNO2. The van der Waals surface area contributed by atoms with Crippen LogP contribution in [0.15, 0.2) is 53.0 Å². The van der Waals surface area contributed by atoms with Gasteiger partial charge < -0.3 is 15.2 Å². The maximum atomic E-state index is 5.80. The molecule has 3 nitrogen and oxygen atoms in total. The Hall–Kier alpha value is -1.52. The quantitative estimate of drug-likeness (QED) is 0.813. The standard InChI is InChI=1S/C16H18BrNO2/c1-12(18)13-5-7-15(8-6-13)19-9-10-20-16-4-2-3-14(17)11-16/h2-8,11-12H,9-10,18H2,1H3/t12-/m1/s1. The van der Waals surface area contributed by atoms with Crippen LogP contribution in [-0.2, 0) is 0 Å². The van der Waals surface area contributed by atoms with Crippen LogP contribution >= 0.6 is 15.9 Å². The van der Waals surface area contributed by atoms with Gasteiger partial charge in [0.2, 0.25) is 0 Å². The monoisotopic (exact) mass is 335 g/mol. The summed E-state index contributed by atoms with van der Waals surface area (Å²) in [5, 5.41) is 0. The molecular weight excluding hydrogens is 318 g/mol. The molecule has 1 atom stereocenters. The number of halogens is 1. The third-order valence-corrected chi connectivity index (χ3v) is 3.32. The van der Waals surface area contributed by atoms with Crippen LogP contribution in [0, 0.1) is 0 Å². The summed E-state index contributed by atoms with van der Waals surface area (Å²) in [7, 11) is 0. The van der Waals surface area contributed by atoms with Gasteiger partial charge in [-0.2, -0.15) is 0 Å². The van der Waals surface area contributed by atoms with E-state index in [0.717, 1.165) is 21.5 Å². The molecule has 0 aliphatic carbocycles. The van der Waals surface area contributed by atoms with Crippen LogP contribution in [0.25, 0.3) is 0 Å². The van der Waals surface area contributed by atoms with Crippen molar-refractivity contribution in [1.82, 2.24) is 0 Å². The van der Waals surface area contributed by atoms with Gasteiger partial charge in [0.15, 0.2) is 0 Å². The third-order valence-electron chi connectivity index (χ3n) is 2.82. The number of rotatable bonds is 6. The molecule has 0 aromatic heterocycles. The Labute approximate surface area is 127 Å². The fraction of sp³-hybridized carbons (Fsp3) is 0.250. The van der Waals surface area contributed by atoms with Gasteiger partial charge in [-0.15, -0.1) is 0 Å². The first-order valence-corrected chi connectivity index (χ1v) is 7.31. The molecule has 2 aromatic rings. The largest absolute Gasteiger partial charge is 0.490 e. The lowest BCUT2D eigenvalue weighted by atomic mass is 10.1. The van der Waals surface area contributed by atoms with Gasteiger partial charge in [0.1, 0.15) is 24.7 Å². The lowest BCUT2D eigenvalue weighted by Gasteiger charge is -2.10. The van der Waals surface area contributed by atoms with E-state index in [4.69, 9.17) is 15.2 Å². The number of ether oxygens (including phenoxy) is 2. The molecule has 0 fully saturated rings. The van der Waals surface area contributed by atoms with Crippen LogP contribution in [0.3, 0.4) is 0 Å². The van der Waals surface area contributed by atoms with Crippen molar-refractivity contribution >= 4 is 15.9 Å². The second-order valence-corrected chi connectivity index (χ2v) is 5.43. The fourth-order valence-electron chi connectivity index (χ4n) is 1.74. The molecule has 0 amide bonds. The third kappa shape index (κ3) is 4.54. The van der Waals surface area contributed by atoms with Crippen LogP contribution in [0.1, 0.15) is 18.5 Å². The van der Waals surface area contributed by atoms with E-state index in [1.54, 1.807) is 0 Å². The first-order chi connectivity index (χ1) is 9.65. The van der Waals surface area contributed by atoms with E-state index in [2.05, 4.69) is 15.9 Å². The van der Waals surface area contributed by atoms with Crippen LogP contribution in [-0.4, -0.2) is 13.2 Å². The summed E-state index contributed by atoms with van der Waals surface area (Å²) >= 11 is 3.40. The summed E-state index contributed by atoms with van der Waals surface area (Å²) in [5.74, 6) is 1.66. The lowest BCUT2D eigenvalue weighted by molar-refractivity contribution is 0.217. The average molecular weight is 336 g/mol. The molecule has 4 heteroatoms. The molecule has 0 saturated carbocycles. The van der Waals surface area contributed by atoms with Crippen LogP contribution in [0.2, 0.25) is 0 Å². The second kappa shape index (κ2) is 7.31. The van der Waals surface area contributed by atoms with E-state index >= 15 is 0 Å². The first-order valence-electron chi connectivity index (χ1n) is 6.52. The highest BCUT2D eigenvalue weighted by atomic mass is 79.9. The molecule has 0 radical (unpaired) electrons. The normalized spacial score (nSPS) is 11.9. The van der Waals surface area contributed by atoms with Crippen molar-refractivity contribution in [2.24, 2.45) is 5.73 Å². The molecule has 0 aliphatic heterocycles. The Morgan fingerprint density at radius 3 is 2.25 bits per heavy atom. The summed E-state index contributed by atoms with van der Waals surface area (Å²) < 4.78 is 12.2. The molecule has 0 aliphatic rings. The van der Waals surface area contributed by atoms with Gasteiger partial charge in [0.05, 0.1) is 0 Å². The molecule has 0 spiro atoms. The van der Waals surface area contributed by atoms with E-state index < -0.39 is 0 Å². The van der Waals surface area contributed by atoms with Gasteiger partial charge in [-0.05, 0) is 42.8 Å². The Balaban J connectivity index is 1.75. The Bertz CT molecular complexity index is 540. The number of nitrogens with two attached hydrogens (primary N) is 1. The predicted octanol–water partition coefficient (Wildman–Crippen LogP) is 3.93. The highest BCUT2D eigenvalue weighted by Crippen LogP contribution is 2.18. The zero-order chi connectivity index (χ0) is 14.4. The molecule has 20 heavy (non-hydrogen) atoms. The maximum absolute atomic E-state index is 5.80. The van der Waals surface area contributed by atoms with E-state index in [0.29, 0.717) is 13.2 Å². The fourth-order valence-corrected chi connectivity index (χ4v) is 2.12. The molecule has 2 N–H and O–H groups in total. The highest BCUT2D eigenvalue weighted by Gasteiger charge is 2.00. The van der Waals surface area contributed by atoms with Crippen LogP contribution < -0.4 is 15.2 Å². The zero-order valence-corrected chi connectivity index (χ0v) is 13.0. The lowest BCUT2D eigenvalue weighted by Crippen LogP contribution is -2.09. The minimum atomic E-state index is 0.0453. The van der Waals surface area contributed by atoms with E-state index in [1.807, 2.05) is 55.5 Å². The first kappa shape index (κ1) is 14.9. The summed E-state index contributed by atoms with van der Waals surface area (Å²) in [6.45, 7) is 2.97. The van der Waals surface area contributed by atoms with Crippen molar-refractivity contribution in [2.45, 2.75) is 13.0 Å². The Morgan fingerprint density at radius 1 is 1.00 bits per heavy atom. The van der Waals surface area contributed by atoms with Crippen LogP contribution in [0.4, 0.5) is 0 Å². The van der Waals surface area contributed by atoms with Crippen molar-refractivity contribution in [2.75, 3.05) is 13.2 Å². The molecule has 0 bridgehead atoms. The van der Waals surface area contributed by atoms with Crippen molar-refractivity contribution in [3.05, 3.63) is 58.6 Å². The van der Waals surface area contributed by atoms with Gasteiger partial charge in [0.25, 0.3) is 0 Å². The van der Waals surface area contributed by atoms with Crippen molar-refractivity contribution < 1.29 is 9.47 Å². The molecule has 0 unspecified atom stereocenters. The minimum Gasteiger partial charge on any atom is -0.490 e. The average Bonchev–Trinajstić information content (AvgIpc) is 2.44.